The van der Waals surface area contributed by atoms with E-state index in [1.54, 1.807) is 6.92 Å². The number of rotatable bonds is 2. The Hall–Kier alpha value is -0.630. The maximum absolute atomic E-state index is 11.2. The Morgan fingerprint density at radius 3 is 2.62 bits per heavy atom. The highest BCUT2D eigenvalue weighted by Crippen LogP contribution is 2.27. The van der Waals surface area contributed by atoms with Crippen molar-refractivity contribution >= 4 is 21.7 Å². The summed E-state index contributed by atoms with van der Waals surface area (Å²) in [5.41, 5.74) is 2.25. The second-order valence-electron chi connectivity index (χ2n) is 3.31. The number of aryl methyl sites for hydroxylation is 1. The molecule has 0 heterocycles. The molecule has 0 aliphatic heterocycles. The fourth-order valence-electron chi connectivity index (χ4n) is 1.22. The maximum Gasteiger partial charge on any atom is 0.137 e. The van der Waals surface area contributed by atoms with Crippen molar-refractivity contribution in [1.29, 1.82) is 0 Å². The van der Waals surface area contributed by atoms with E-state index >= 15 is 0 Å². The molecule has 1 rings (SSSR count). The van der Waals surface area contributed by atoms with Crippen LogP contribution in [-0.4, -0.2) is 5.78 Å². The van der Waals surface area contributed by atoms with Crippen LogP contribution < -0.4 is 0 Å². The quantitative estimate of drug-likeness (QED) is 0.774. The first kappa shape index (κ1) is 10.5. The molecule has 70 valence electrons. The molecule has 1 aromatic carbocycles. The molecule has 0 fully saturated rings. The minimum absolute atomic E-state index is 0.0192. The van der Waals surface area contributed by atoms with E-state index in [1.807, 2.05) is 32.0 Å². The van der Waals surface area contributed by atoms with Crippen LogP contribution in [-0.2, 0) is 4.79 Å². The van der Waals surface area contributed by atoms with Crippen LogP contribution in [0.2, 0.25) is 0 Å². The SMILES string of the molecule is CC(=O)C(C)c1cccc(C)c1Br. The Labute approximate surface area is 87.3 Å². The summed E-state index contributed by atoms with van der Waals surface area (Å²) >= 11 is 3.50. The van der Waals surface area contributed by atoms with Gasteiger partial charge in [0.1, 0.15) is 5.78 Å². The lowest BCUT2D eigenvalue weighted by Crippen LogP contribution is -2.05. The normalized spacial score (nSPS) is 12.6. The highest BCUT2D eigenvalue weighted by molar-refractivity contribution is 9.10. The van der Waals surface area contributed by atoms with Crippen LogP contribution in [0.5, 0.6) is 0 Å². The van der Waals surface area contributed by atoms with Crippen LogP contribution in [0.4, 0.5) is 0 Å². The fourth-order valence-corrected chi connectivity index (χ4v) is 1.83. The molecule has 1 atom stereocenters. The molecular formula is C11H13BrO. The van der Waals surface area contributed by atoms with Gasteiger partial charge in [-0.25, -0.2) is 0 Å². The zero-order valence-corrected chi connectivity index (χ0v) is 9.68. The van der Waals surface area contributed by atoms with E-state index < -0.39 is 0 Å². The highest BCUT2D eigenvalue weighted by atomic mass is 79.9. The van der Waals surface area contributed by atoms with Gasteiger partial charge >= 0.3 is 0 Å². The molecule has 0 spiro atoms. The molecule has 1 aromatic rings. The fraction of sp³-hybridized carbons (Fsp3) is 0.364. The van der Waals surface area contributed by atoms with E-state index in [9.17, 15) is 4.79 Å². The maximum atomic E-state index is 11.2. The van der Waals surface area contributed by atoms with Gasteiger partial charge in [-0.15, -0.1) is 0 Å². The smallest absolute Gasteiger partial charge is 0.137 e. The van der Waals surface area contributed by atoms with E-state index in [4.69, 9.17) is 0 Å². The zero-order chi connectivity index (χ0) is 10.0. The van der Waals surface area contributed by atoms with Gasteiger partial charge in [0.2, 0.25) is 0 Å². The minimum Gasteiger partial charge on any atom is -0.299 e. The van der Waals surface area contributed by atoms with E-state index in [-0.39, 0.29) is 11.7 Å². The van der Waals surface area contributed by atoms with Gasteiger partial charge in [0.05, 0.1) is 0 Å². The minimum atomic E-state index is -0.0192. The number of carbonyl (C=O) groups is 1. The van der Waals surface area contributed by atoms with Crippen molar-refractivity contribution < 1.29 is 4.79 Å². The summed E-state index contributed by atoms with van der Waals surface area (Å²) in [6.07, 6.45) is 0. The van der Waals surface area contributed by atoms with Crippen LogP contribution in [0.1, 0.15) is 30.9 Å². The number of halogens is 1. The van der Waals surface area contributed by atoms with Gasteiger partial charge in [-0.2, -0.15) is 0 Å². The van der Waals surface area contributed by atoms with Crippen molar-refractivity contribution in [3.63, 3.8) is 0 Å². The van der Waals surface area contributed by atoms with Crippen LogP contribution in [0.3, 0.4) is 0 Å². The van der Waals surface area contributed by atoms with Crippen molar-refractivity contribution in [3.05, 3.63) is 33.8 Å². The van der Waals surface area contributed by atoms with E-state index in [1.165, 1.54) is 5.56 Å². The standard InChI is InChI=1S/C11H13BrO/c1-7-5-4-6-10(11(7)12)8(2)9(3)13/h4-6,8H,1-3H3. The predicted molar refractivity (Wildman–Crippen MR) is 58.0 cm³/mol. The highest BCUT2D eigenvalue weighted by Gasteiger charge is 2.13. The summed E-state index contributed by atoms with van der Waals surface area (Å²) in [5, 5.41) is 0. The average Bonchev–Trinajstić information content (AvgIpc) is 2.08. The first-order valence-corrected chi connectivity index (χ1v) is 5.08. The predicted octanol–water partition coefficient (Wildman–Crippen LogP) is 3.45. The lowest BCUT2D eigenvalue weighted by Gasteiger charge is -2.11. The second-order valence-corrected chi connectivity index (χ2v) is 4.10. The lowest BCUT2D eigenvalue weighted by atomic mass is 9.96. The molecule has 2 heteroatoms. The Morgan fingerprint density at radius 1 is 1.46 bits per heavy atom. The number of carbonyl (C=O) groups excluding carboxylic acids is 1. The molecule has 0 aliphatic carbocycles. The second kappa shape index (κ2) is 4.05. The number of ketones is 1. The van der Waals surface area contributed by atoms with Gasteiger partial charge in [0, 0.05) is 10.4 Å². The van der Waals surface area contributed by atoms with Gasteiger partial charge in [-0.1, -0.05) is 41.1 Å². The molecule has 0 bridgehead atoms. The Morgan fingerprint density at radius 2 is 2.08 bits per heavy atom. The molecule has 0 N–H and O–H groups in total. The van der Waals surface area contributed by atoms with E-state index in [0.717, 1.165) is 10.0 Å². The van der Waals surface area contributed by atoms with Crippen LogP contribution in [0.25, 0.3) is 0 Å². The van der Waals surface area contributed by atoms with Gasteiger partial charge < -0.3 is 0 Å². The molecule has 1 nitrogen and oxygen atoms in total. The summed E-state index contributed by atoms with van der Waals surface area (Å²) in [4.78, 5) is 11.2. The molecule has 0 aliphatic rings. The first-order chi connectivity index (χ1) is 6.04. The largest absolute Gasteiger partial charge is 0.299 e. The summed E-state index contributed by atoms with van der Waals surface area (Å²) in [6.45, 7) is 5.59. The molecule has 0 saturated carbocycles. The van der Waals surface area contributed by atoms with Gasteiger partial charge in [-0.05, 0) is 25.0 Å². The molecule has 0 saturated heterocycles. The average molecular weight is 241 g/mol. The Kier molecular flexibility index (Phi) is 3.26. The van der Waals surface area contributed by atoms with Crippen molar-refractivity contribution in [2.24, 2.45) is 0 Å². The molecule has 0 radical (unpaired) electrons. The third-order valence-corrected chi connectivity index (χ3v) is 3.38. The van der Waals surface area contributed by atoms with E-state index in [0.29, 0.717) is 0 Å². The Balaban J connectivity index is 3.15. The lowest BCUT2D eigenvalue weighted by molar-refractivity contribution is -0.118. The summed E-state index contributed by atoms with van der Waals surface area (Å²) in [7, 11) is 0. The molecule has 13 heavy (non-hydrogen) atoms. The third-order valence-electron chi connectivity index (χ3n) is 2.30. The number of hydrogen-bond donors (Lipinski definition) is 0. The van der Waals surface area contributed by atoms with Crippen molar-refractivity contribution in [2.75, 3.05) is 0 Å². The van der Waals surface area contributed by atoms with E-state index in [2.05, 4.69) is 15.9 Å². The van der Waals surface area contributed by atoms with Crippen molar-refractivity contribution in [2.45, 2.75) is 26.7 Å². The zero-order valence-electron chi connectivity index (χ0n) is 8.10. The topological polar surface area (TPSA) is 17.1 Å². The summed E-state index contributed by atoms with van der Waals surface area (Å²) in [6, 6.07) is 6.00. The molecule has 0 amide bonds. The molecular weight excluding hydrogens is 228 g/mol. The van der Waals surface area contributed by atoms with Crippen LogP contribution in [0.15, 0.2) is 22.7 Å². The van der Waals surface area contributed by atoms with Gasteiger partial charge in [-0.3, -0.25) is 4.79 Å². The molecule has 0 aromatic heterocycles. The number of Topliss-reactive ketones (excluding diaryl/α,β-unsaturated/α-hetero) is 1. The Bertz CT molecular complexity index is 331. The monoisotopic (exact) mass is 240 g/mol. The molecule has 1 unspecified atom stereocenters. The van der Waals surface area contributed by atoms with Crippen LogP contribution >= 0.6 is 15.9 Å². The van der Waals surface area contributed by atoms with Gasteiger partial charge in [0.25, 0.3) is 0 Å². The summed E-state index contributed by atoms with van der Waals surface area (Å²) < 4.78 is 1.05. The summed E-state index contributed by atoms with van der Waals surface area (Å²) in [5.74, 6) is 0.181. The van der Waals surface area contributed by atoms with Crippen LogP contribution in [0, 0.1) is 6.92 Å². The van der Waals surface area contributed by atoms with Gasteiger partial charge in [0.15, 0.2) is 0 Å². The first-order valence-electron chi connectivity index (χ1n) is 4.29. The third kappa shape index (κ3) is 2.19. The van der Waals surface area contributed by atoms with Crippen molar-refractivity contribution in [3.8, 4) is 0 Å². The van der Waals surface area contributed by atoms with Crippen molar-refractivity contribution in [1.82, 2.24) is 0 Å². The number of hydrogen-bond acceptors (Lipinski definition) is 1. The number of benzene rings is 1.